The summed E-state index contributed by atoms with van der Waals surface area (Å²) in [5.74, 6) is 0.926. The summed E-state index contributed by atoms with van der Waals surface area (Å²) in [6.45, 7) is 7.18. The second kappa shape index (κ2) is 6.52. The van der Waals surface area contributed by atoms with E-state index in [2.05, 4.69) is 32.5 Å². The summed E-state index contributed by atoms with van der Waals surface area (Å²) >= 11 is 0. The quantitative estimate of drug-likeness (QED) is 0.565. The molecule has 1 aliphatic carbocycles. The number of rotatable bonds is 5. The molecule has 0 aromatic rings. The molecule has 0 bridgehead atoms. The molecule has 0 saturated heterocycles. The first-order chi connectivity index (χ1) is 7.26. The molecule has 0 radical (unpaired) electrons. The lowest BCUT2D eigenvalue weighted by Crippen LogP contribution is -2.29. The first-order valence-electron chi connectivity index (χ1n) is 6.95. The van der Waals surface area contributed by atoms with E-state index in [1.165, 1.54) is 50.2 Å². The third-order valence-corrected chi connectivity index (χ3v) is 9.61. The van der Waals surface area contributed by atoms with Gasteiger partial charge >= 0.3 is 0 Å². The minimum Gasteiger partial charge on any atom is -0.0979 e. The summed E-state index contributed by atoms with van der Waals surface area (Å²) < 4.78 is 0. The zero-order valence-electron chi connectivity index (χ0n) is 10.9. The Bertz CT molecular complexity index is 177. The van der Waals surface area contributed by atoms with Crippen LogP contribution in [0.5, 0.6) is 0 Å². The molecule has 0 aromatic heterocycles. The molecule has 15 heavy (non-hydrogen) atoms. The van der Waals surface area contributed by atoms with Crippen LogP contribution in [0.3, 0.4) is 0 Å². The molecule has 1 fully saturated rings. The van der Waals surface area contributed by atoms with E-state index in [4.69, 9.17) is 0 Å². The SMILES string of the molecule is CC[Si](/C=C\C1CCCCC1)(CC)CC. The van der Waals surface area contributed by atoms with Gasteiger partial charge in [0.05, 0.1) is 8.07 Å². The van der Waals surface area contributed by atoms with Crippen LogP contribution in [-0.4, -0.2) is 8.07 Å². The van der Waals surface area contributed by atoms with Crippen LogP contribution in [0.15, 0.2) is 11.8 Å². The van der Waals surface area contributed by atoms with Gasteiger partial charge in [-0.2, -0.15) is 0 Å². The predicted molar refractivity (Wildman–Crippen MR) is 72.9 cm³/mol. The van der Waals surface area contributed by atoms with Gasteiger partial charge in [0.25, 0.3) is 0 Å². The highest BCUT2D eigenvalue weighted by molar-refractivity contribution is 6.84. The van der Waals surface area contributed by atoms with Crippen molar-refractivity contribution in [3.63, 3.8) is 0 Å². The fourth-order valence-corrected chi connectivity index (χ4v) is 5.66. The Balaban J connectivity index is 2.51. The van der Waals surface area contributed by atoms with Crippen molar-refractivity contribution < 1.29 is 0 Å². The average Bonchev–Trinajstić information content (AvgIpc) is 2.33. The van der Waals surface area contributed by atoms with Gasteiger partial charge in [0, 0.05) is 0 Å². The molecule has 0 nitrogen and oxygen atoms in total. The minimum absolute atomic E-state index is 0.926. The maximum absolute atomic E-state index is 2.68. The molecule has 0 amide bonds. The summed E-state index contributed by atoms with van der Waals surface area (Å²) in [6.07, 6.45) is 9.92. The van der Waals surface area contributed by atoms with Crippen LogP contribution in [0.2, 0.25) is 18.1 Å². The van der Waals surface area contributed by atoms with E-state index in [0.717, 1.165) is 5.92 Å². The van der Waals surface area contributed by atoms with E-state index in [1.807, 2.05) is 0 Å². The van der Waals surface area contributed by atoms with Crippen molar-refractivity contribution in [3.8, 4) is 0 Å². The highest BCUT2D eigenvalue weighted by atomic mass is 28.3. The number of allylic oxidation sites excluding steroid dienone is 1. The standard InChI is InChI=1S/C14H28Si/c1-4-15(5-2,6-3)13-12-14-10-8-7-9-11-14/h12-14H,4-11H2,1-3H3/b13-12-. The Morgan fingerprint density at radius 1 is 0.933 bits per heavy atom. The van der Waals surface area contributed by atoms with E-state index in [1.54, 1.807) is 0 Å². The van der Waals surface area contributed by atoms with Crippen molar-refractivity contribution in [3.05, 3.63) is 11.8 Å². The van der Waals surface area contributed by atoms with Gasteiger partial charge in [-0.3, -0.25) is 0 Å². The molecule has 0 aromatic carbocycles. The maximum Gasteiger partial charge on any atom is 0.0766 e. The fourth-order valence-electron chi connectivity index (χ4n) is 2.77. The van der Waals surface area contributed by atoms with Crippen molar-refractivity contribution in [2.75, 3.05) is 0 Å². The van der Waals surface area contributed by atoms with Crippen LogP contribution >= 0.6 is 0 Å². The van der Waals surface area contributed by atoms with Crippen LogP contribution < -0.4 is 0 Å². The van der Waals surface area contributed by atoms with Crippen molar-refractivity contribution >= 4 is 8.07 Å². The predicted octanol–water partition coefficient (Wildman–Crippen LogP) is 5.17. The van der Waals surface area contributed by atoms with Crippen LogP contribution in [0.25, 0.3) is 0 Å². The fraction of sp³-hybridized carbons (Fsp3) is 0.857. The van der Waals surface area contributed by atoms with Crippen LogP contribution in [0.4, 0.5) is 0 Å². The van der Waals surface area contributed by atoms with Crippen molar-refractivity contribution in [1.29, 1.82) is 0 Å². The van der Waals surface area contributed by atoms with Gasteiger partial charge in [-0.15, -0.1) is 0 Å². The lowest BCUT2D eigenvalue weighted by molar-refractivity contribution is 0.419. The molecule has 0 spiro atoms. The van der Waals surface area contributed by atoms with Gasteiger partial charge in [0.15, 0.2) is 0 Å². The Hall–Kier alpha value is -0.0431. The highest BCUT2D eigenvalue weighted by Crippen LogP contribution is 2.27. The van der Waals surface area contributed by atoms with E-state index in [0.29, 0.717) is 0 Å². The Morgan fingerprint density at radius 3 is 1.93 bits per heavy atom. The molecule has 1 heteroatoms. The second-order valence-corrected chi connectivity index (χ2v) is 10.4. The monoisotopic (exact) mass is 224 g/mol. The molecule has 0 N–H and O–H groups in total. The molecule has 0 atom stereocenters. The molecule has 0 aliphatic heterocycles. The summed E-state index contributed by atoms with van der Waals surface area (Å²) in [6, 6.07) is 4.30. The average molecular weight is 224 g/mol. The second-order valence-electron chi connectivity index (χ2n) is 5.18. The molecule has 1 rings (SSSR count). The smallest absolute Gasteiger partial charge is 0.0766 e. The van der Waals surface area contributed by atoms with Gasteiger partial charge in [-0.05, 0) is 18.8 Å². The van der Waals surface area contributed by atoms with Gasteiger partial charge in [0.2, 0.25) is 0 Å². The Labute approximate surface area is 97.2 Å². The lowest BCUT2D eigenvalue weighted by Gasteiger charge is -2.25. The zero-order valence-corrected chi connectivity index (χ0v) is 11.9. The van der Waals surface area contributed by atoms with Crippen molar-refractivity contribution in [1.82, 2.24) is 0 Å². The van der Waals surface area contributed by atoms with Gasteiger partial charge in [0.1, 0.15) is 0 Å². The largest absolute Gasteiger partial charge is 0.0979 e. The topological polar surface area (TPSA) is 0 Å². The summed E-state index contributed by atoms with van der Waals surface area (Å²) in [5, 5.41) is 0. The first-order valence-corrected chi connectivity index (χ1v) is 9.65. The Kier molecular flexibility index (Phi) is 5.66. The third-order valence-electron chi connectivity index (χ3n) is 4.48. The van der Waals surface area contributed by atoms with E-state index >= 15 is 0 Å². The molecular weight excluding hydrogens is 196 g/mol. The number of hydrogen-bond donors (Lipinski definition) is 0. The van der Waals surface area contributed by atoms with Crippen LogP contribution in [0, 0.1) is 5.92 Å². The first kappa shape index (κ1) is 13.0. The highest BCUT2D eigenvalue weighted by Gasteiger charge is 2.23. The maximum atomic E-state index is 2.68. The van der Waals surface area contributed by atoms with Crippen molar-refractivity contribution in [2.45, 2.75) is 71.0 Å². The van der Waals surface area contributed by atoms with E-state index < -0.39 is 8.07 Å². The van der Waals surface area contributed by atoms with Gasteiger partial charge in [-0.25, -0.2) is 0 Å². The zero-order chi connectivity index (χ0) is 11.1. The summed E-state index contributed by atoms with van der Waals surface area (Å²) in [5.41, 5.74) is 2.68. The Morgan fingerprint density at radius 2 is 1.47 bits per heavy atom. The molecule has 88 valence electrons. The van der Waals surface area contributed by atoms with E-state index in [-0.39, 0.29) is 0 Å². The van der Waals surface area contributed by atoms with Gasteiger partial charge < -0.3 is 0 Å². The third kappa shape index (κ3) is 3.79. The molecule has 1 aliphatic rings. The molecule has 0 unspecified atom stereocenters. The summed E-state index contributed by atoms with van der Waals surface area (Å²) in [4.78, 5) is 0. The molecular formula is C14H28Si. The van der Waals surface area contributed by atoms with Gasteiger partial charge in [-0.1, -0.05) is 69.9 Å². The van der Waals surface area contributed by atoms with E-state index in [9.17, 15) is 0 Å². The van der Waals surface area contributed by atoms with Crippen LogP contribution in [0.1, 0.15) is 52.9 Å². The minimum atomic E-state index is -0.982. The molecule has 0 heterocycles. The summed E-state index contributed by atoms with van der Waals surface area (Å²) in [7, 11) is -0.982. The number of hydrogen-bond acceptors (Lipinski definition) is 0. The van der Waals surface area contributed by atoms with Crippen LogP contribution in [-0.2, 0) is 0 Å². The molecule has 1 saturated carbocycles. The normalized spacial score (nSPS) is 19.9. The van der Waals surface area contributed by atoms with Crippen molar-refractivity contribution in [2.24, 2.45) is 5.92 Å². The lowest BCUT2D eigenvalue weighted by atomic mass is 9.90.